The van der Waals surface area contributed by atoms with Gasteiger partial charge in [-0.3, -0.25) is 4.79 Å². The molecule has 1 aliphatic rings. The molecule has 2 aromatic carbocycles. The fourth-order valence-electron chi connectivity index (χ4n) is 3.13. The molecule has 0 aliphatic heterocycles. The number of benzene rings is 2. The number of amides is 1. The smallest absolute Gasteiger partial charge is 0.234 e. The fourth-order valence-corrected chi connectivity index (χ4v) is 3.93. The Labute approximate surface area is 163 Å². The van der Waals surface area contributed by atoms with Crippen molar-refractivity contribution in [1.82, 2.24) is 14.8 Å². The Kier molecular flexibility index (Phi) is 5.25. The summed E-state index contributed by atoms with van der Waals surface area (Å²) >= 11 is 1.44. The summed E-state index contributed by atoms with van der Waals surface area (Å²) < 4.78 is 2.13. The maximum atomic E-state index is 12.5. The summed E-state index contributed by atoms with van der Waals surface area (Å²) in [7, 11) is 0. The van der Waals surface area contributed by atoms with Gasteiger partial charge in [0.25, 0.3) is 0 Å². The van der Waals surface area contributed by atoms with Crippen LogP contribution in [0.4, 0.5) is 5.69 Å². The zero-order chi connectivity index (χ0) is 18.6. The summed E-state index contributed by atoms with van der Waals surface area (Å²) in [5.41, 5.74) is 2.93. The highest BCUT2D eigenvalue weighted by Crippen LogP contribution is 2.40. The fraction of sp³-hybridized carbons (Fsp3) is 0.286. The number of carbonyl (C=O) groups is 1. The van der Waals surface area contributed by atoms with Crippen LogP contribution in [0.15, 0.2) is 59.8 Å². The molecule has 0 spiro atoms. The Balaban J connectivity index is 1.44. The zero-order valence-electron chi connectivity index (χ0n) is 15.3. The summed E-state index contributed by atoms with van der Waals surface area (Å²) in [4.78, 5) is 12.5. The number of aromatic nitrogens is 3. The Hall–Kier alpha value is -2.60. The molecule has 1 fully saturated rings. The van der Waals surface area contributed by atoms with Crippen LogP contribution in [-0.4, -0.2) is 26.4 Å². The van der Waals surface area contributed by atoms with Crippen LogP contribution >= 0.6 is 11.8 Å². The Morgan fingerprint density at radius 2 is 1.85 bits per heavy atom. The molecule has 0 unspecified atom stereocenters. The van der Waals surface area contributed by atoms with Gasteiger partial charge in [0.2, 0.25) is 5.91 Å². The maximum absolute atomic E-state index is 12.5. The second-order valence-electron chi connectivity index (χ2n) is 6.61. The first-order chi connectivity index (χ1) is 13.3. The van der Waals surface area contributed by atoms with Crippen LogP contribution in [0.25, 0.3) is 11.1 Å². The molecule has 0 atom stereocenters. The lowest BCUT2D eigenvalue weighted by atomic mass is 10.0. The molecule has 0 saturated heterocycles. The molecule has 1 aromatic heterocycles. The van der Waals surface area contributed by atoms with Gasteiger partial charge in [0, 0.05) is 23.7 Å². The van der Waals surface area contributed by atoms with Gasteiger partial charge in [-0.2, -0.15) is 0 Å². The first-order valence-electron chi connectivity index (χ1n) is 9.26. The van der Waals surface area contributed by atoms with Crippen molar-refractivity contribution in [1.29, 1.82) is 0 Å². The lowest BCUT2D eigenvalue weighted by molar-refractivity contribution is -0.113. The quantitative estimate of drug-likeness (QED) is 0.612. The second-order valence-corrected chi connectivity index (χ2v) is 7.55. The number of carbonyl (C=O) groups excluding carboxylic acids is 1. The summed E-state index contributed by atoms with van der Waals surface area (Å²) in [6.45, 7) is 2.93. The molecule has 27 heavy (non-hydrogen) atoms. The molecule has 1 N–H and O–H groups in total. The van der Waals surface area contributed by atoms with Gasteiger partial charge >= 0.3 is 0 Å². The van der Waals surface area contributed by atoms with Gasteiger partial charge in [-0.25, -0.2) is 0 Å². The van der Waals surface area contributed by atoms with Gasteiger partial charge < -0.3 is 9.88 Å². The van der Waals surface area contributed by atoms with Crippen LogP contribution in [0.1, 0.15) is 31.5 Å². The third kappa shape index (κ3) is 4.06. The molecule has 4 rings (SSSR count). The van der Waals surface area contributed by atoms with Crippen molar-refractivity contribution in [2.24, 2.45) is 0 Å². The van der Waals surface area contributed by atoms with Gasteiger partial charge in [0.05, 0.1) is 5.75 Å². The van der Waals surface area contributed by atoms with E-state index >= 15 is 0 Å². The van der Waals surface area contributed by atoms with Gasteiger partial charge in [-0.05, 0) is 31.4 Å². The summed E-state index contributed by atoms with van der Waals surface area (Å²) in [6.07, 6.45) is 2.39. The Morgan fingerprint density at radius 3 is 2.59 bits per heavy atom. The topological polar surface area (TPSA) is 59.8 Å². The minimum absolute atomic E-state index is 0.0398. The molecular formula is C21H22N4OS. The lowest BCUT2D eigenvalue weighted by Gasteiger charge is -2.11. The Morgan fingerprint density at radius 1 is 1.11 bits per heavy atom. The van der Waals surface area contributed by atoms with Crippen molar-refractivity contribution >= 4 is 23.4 Å². The molecule has 138 valence electrons. The van der Waals surface area contributed by atoms with Gasteiger partial charge in [0.1, 0.15) is 5.82 Å². The number of hydrogen-bond donors (Lipinski definition) is 1. The number of thioether (sulfide) groups is 1. The van der Waals surface area contributed by atoms with Crippen LogP contribution in [-0.2, 0) is 11.3 Å². The van der Waals surface area contributed by atoms with E-state index in [1.54, 1.807) is 0 Å². The highest BCUT2D eigenvalue weighted by Gasteiger charge is 2.30. The molecule has 1 heterocycles. The molecule has 6 heteroatoms. The number of nitrogens with one attached hydrogen (secondary N) is 1. The van der Waals surface area contributed by atoms with E-state index in [0.717, 1.165) is 34.3 Å². The molecule has 1 saturated carbocycles. The number of rotatable bonds is 7. The number of para-hydroxylation sites is 1. The highest BCUT2D eigenvalue weighted by molar-refractivity contribution is 7.99. The van der Waals surface area contributed by atoms with E-state index in [0.29, 0.717) is 11.7 Å². The molecule has 3 aromatic rings. The molecule has 1 amide bonds. The van der Waals surface area contributed by atoms with E-state index in [9.17, 15) is 4.79 Å². The van der Waals surface area contributed by atoms with Crippen molar-refractivity contribution in [2.45, 2.75) is 37.4 Å². The molecule has 5 nitrogen and oxygen atoms in total. The number of anilines is 1. The first-order valence-corrected chi connectivity index (χ1v) is 10.2. The number of nitrogens with zero attached hydrogens (tertiary/aromatic N) is 3. The van der Waals surface area contributed by atoms with Crippen molar-refractivity contribution in [2.75, 3.05) is 11.1 Å². The van der Waals surface area contributed by atoms with E-state index in [-0.39, 0.29) is 5.91 Å². The lowest BCUT2D eigenvalue weighted by Crippen LogP contribution is -2.15. The van der Waals surface area contributed by atoms with Crippen molar-refractivity contribution < 1.29 is 4.79 Å². The SMILES string of the molecule is CCn1c(SCC(=O)Nc2ccccc2-c2ccccc2)nnc1C1CC1. The monoisotopic (exact) mass is 378 g/mol. The van der Waals surface area contributed by atoms with E-state index in [1.165, 1.54) is 24.6 Å². The van der Waals surface area contributed by atoms with Crippen molar-refractivity contribution in [3.63, 3.8) is 0 Å². The third-order valence-corrected chi connectivity index (χ3v) is 5.59. The van der Waals surface area contributed by atoms with Gasteiger partial charge in [-0.1, -0.05) is 60.3 Å². The van der Waals surface area contributed by atoms with Gasteiger partial charge in [0.15, 0.2) is 5.16 Å². The minimum Gasteiger partial charge on any atom is -0.325 e. The zero-order valence-corrected chi connectivity index (χ0v) is 16.1. The van der Waals surface area contributed by atoms with Crippen molar-refractivity contribution in [3.05, 3.63) is 60.4 Å². The Bertz CT molecular complexity index is 934. The minimum atomic E-state index is -0.0398. The molecule has 1 aliphatic carbocycles. The second kappa shape index (κ2) is 7.96. The maximum Gasteiger partial charge on any atom is 0.234 e. The highest BCUT2D eigenvalue weighted by atomic mass is 32.2. The summed E-state index contributed by atoms with van der Waals surface area (Å²) in [6, 6.07) is 17.9. The average Bonchev–Trinajstić information content (AvgIpc) is 3.47. The average molecular weight is 379 g/mol. The van der Waals surface area contributed by atoms with E-state index < -0.39 is 0 Å². The standard InChI is InChI=1S/C21H22N4OS/c1-2-25-20(16-12-13-16)23-24-21(25)27-14-19(26)22-18-11-7-6-10-17(18)15-8-4-3-5-9-15/h3-11,16H,2,12-14H2,1H3,(H,22,26). The first kappa shape index (κ1) is 17.8. The summed E-state index contributed by atoms with van der Waals surface area (Å²) in [5, 5.41) is 12.5. The van der Waals surface area contributed by atoms with Crippen LogP contribution in [0.2, 0.25) is 0 Å². The molecular weight excluding hydrogens is 356 g/mol. The predicted molar refractivity (Wildman–Crippen MR) is 109 cm³/mol. The van der Waals surface area contributed by atoms with Crippen molar-refractivity contribution in [3.8, 4) is 11.1 Å². The molecule has 0 bridgehead atoms. The van der Waals surface area contributed by atoms with E-state index in [1.807, 2.05) is 54.6 Å². The van der Waals surface area contributed by atoms with Crippen LogP contribution in [0.3, 0.4) is 0 Å². The molecule has 0 radical (unpaired) electrons. The largest absolute Gasteiger partial charge is 0.325 e. The number of hydrogen-bond acceptors (Lipinski definition) is 4. The van der Waals surface area contributed by atoms with E-state index in [4.69, 9.17) is 0 Å². The summed E-state index contributed by atoms with van der Waals surface area (Å²) in [5.74, 6) is 1.89. The predicted octanol–water partition coefficient (Wildman–Crippen LogP) is 4.57. The van der Waals surface area contributed by atoms with E-state index in [2.05, 4.69) is 27.0 Å². The van der Waals surface area contributed by atoms with Crippen LogP contribution in [0, 0.1) is 0 Å². The third-order valence-electron chi connectivity index (χ3n) is 4.62. The van der Waals surface area contributed by atoms with Gasteiger partial charge in [-0.15, -0.1) is 10.2 Å². The normalized spacial score (nSPS) is 13.5. The van der Waals surface area contributed by atoms with Crippen LogP contribution in [0.5, 0.6) is 0 Å². The van der Waals surface area contributed by atoms with Crippen LogP contribution < -0.4 is 5.32 Å².